The molecule has 1 rings (SSSR count). The van der Waals surface area contributed by atoms with Gasteiger partial charge in [0.25, 0.3) is 0 Å². The van der Waals surface area contributed by atoms with Crippen LogP contribution in [0.25, 0.3) is 0 Å². The van der Waals surface area contributed by atoms with Crippen LogP contribution >= 0.6 is 0 Å². The lowest BCUT2D eigenvalue weighted by Crippen LogP contribution is -2.34. The Morgan fingerprint density at radius 2 is 2.44 bits per heavy atom. The lowest BCUT2D eigenvalue weighted by molar-refractivity contribution is 0.275. The van der Waals surface area contributed by atoms with Crippen molar-refractivity contribution in [3.8, 4) is 0 Å². The molecule has 1 saturated heterocycles. The molecule has 1 heterocycles. The summed E-state index contributed by atoms with van der Waals surface area (Å²) in [5.74, 6) is 1.72. The molecule has 1 heteroatoms. The first-order chi connectivity index (χ1) is 4.34. The molecule has 0 aliphatic carbocycles. The van der Waals surface area contributed by atoms with Gasteiger partial charge in [0.15, 0.2) is 0 Å². The molecule has 0 bridgehead atoms. The lowest BCUT2D eigenvalue weighted by Gasteiger charge is -2.28. The fraction of sp³-hybridized carbons (Fsp3) is 0.875. The van der Waals surface area contributed by atoms with Crippen LogP contribution in [-0.4, -0.2) is 13.1 Å². The summed E-state index contributed by atoms with van der Waals surface area (Å²) >= 11 is 0. The molecule has 0 amide bonds. The quantitative estimate of drug-likeness (QED) is 0.561. The van der Waals surface area contributed by atoms with Crippen molar-refractivity contribution >= 4 is 0 Å². The molecule has 1 radical (unpaired) electrons. The van der Waals surface area contributed by atoms with Crippen LogP contribution < -0.4 is 5.32 Å². The van der Waals surface area contributed by atoms with Crippen molar-refractivity contribution in [1.82, 2.24) is 5.32 Å². The first kappa shape index (κ1) is 7.07. The molecule has 0 aromatic rings. The van der Waals surface area contributed by atoms with Gasteiger partial charge >= 0.3 is 0 Å². The maximum atomic E-state index is 3.92. The molecule has 0 spiro atoms. The van der Waals surface area contributed by atoms with Crippen molar-refractivity contribution in [3.05, 3.63) is 6.92 Å². The zero-order valence-corrected chi connectivity index (χ0v) is 6.19. The van der Waals surface area contributed by atoms with Gasteiger partial charge in [0, 0.05) is 0 Å². The summed E-state index contributed by atoms with van der Waals surface area (Å²) in [6.45, 7) is 8.64. The van der Waals surface area contributed by atoms with Gasteiger partial charge in [0.2, 0.25) is 0 Å². The van der Waals surface area contributed by atoms with Gasteiger partial charge in [-0.1, -0.05) is 13.8 Å². The fourth-order valence-electron chi connectivity index (χ4n) is 1.44. The van der Waals surface area contributed by atoms with E-state index in [4.69, 9.17) is 0 Å². The van der Waals surface area contributed by atoms with Gasteiger partial charge in [-0.05, 0) is 37.8 Å². The molecule has 0 aromatic carbocycles. The van der Waals surface area contributed by atoms with Gasteiger partial charge < -0.3 is 5.32 Å². The lowest BCUT2D eigenvalue weighted by atomic mass is 9.86. The Hall–Kier alpha value is -0.0400. The van der Waals surface area contributed by atoms with E-state index in [1.807, 2.05) is 0 Å². The molecule has 53 valence electrons. The number of nitrogens with one attached hydrogen (secondary N) is 1. The highest BCUT2D eigenvalue weighted by Crippen LogP contribution is 2.20. The third-order valence-electron chi connectivity index (χ3n) is 2.36. The van der Waals surface area contributed by atoms with Gasteiger partial charge in [-0.25, -0.2) is 0 Å². The second-order valence-electron chi connectivity index (χ2n) is 3.02. The predicted molar refractivity (Wildman–Crippen MR) is 40.1 cm³/mol. The summed E-state index contributed by atoms with van der Waals surface area (Å²) in [6.07, 6.45) is 2.42. The Morgan fingerprint density at radius 3 is 2.89 bits per heavy atom. The molecule has 1 aliphatic rings. The second kappa shape index (κ2) is 3.21. The molecule has 0 saturated carbocycles. The van der Waals surface area contributed by atoms with E-state index in [9.17, 15) is 0 Å². The second-order valence-corrected chi connectivity index (χ2v) is 3.02. The molecular formula is C8H16N. The van der Waals surface area contributed by atoms with Crippen LogP contribution in [0.1, 0.15) is 19.8 Å². The number of piperidine rings is 1. The predicted octanol–water partition coefficient (Wildman–Crippen LogP) is 1.46. The van der Waals surface area contributed by atoms with Crippen molar-refractivity contribution in [3.63, 3.8) is 0 Å². The van der Waals surface area contributed by atoms with Crippen LogP contribution in [0.15, 0.2) is 0 Å². The van der Waals surface area contributed by atoms with E-state index in [1.54, 1.807) is 0 Å². The zero-order chi connectivity index (χ0) is 6.69. The van der Waals surface area contributed by atoms with Gasteiger partial charge in [-0.15, -0.1) is 0 Å². The van der Waals surface area contributed by atoms with Crippen molar-refractivity contribution in [1.29, 1.82) is 0 Å². The van der Waals surface area contributed by atoms with Gasteiger partial charge in [0.1, 0.15) is 0 Å². The van der Waals surface area contributed by atoms with Crippen LogP contribution in [-0.2, 0) is 0 Å². The maximum absolute atomic E-state index is 3.92. The van der Waals surface area contributed by atoms with Crippen LogP contribution in [0, 0.1) is 18.8 Å². The Bertz CT molecular complexity index is 80.6. The SMILES string of the molecule is [CH2]CC1CNCCC1C. The standard InChI is InChI=1S/C8H16N/c1-3-8-6-9-5-4-7(8)2/h7-9H,1,3-6H2,2H3. The molecule has 1 fully saturated rings. The van der Waals surface area contributed by atoms with Crippen molar-refractivity contribution in [2.75, 3.05) is 13.1 Å². The average molecular weight is 126 g/mol. The van der Waals surface area contributed by atoms with E-state index >= 15 is 0 Å². The minimum atomic E-state index is 0.832. The minimum absolute atomic E-state index is 0.832. The first-order valence-corrected chi connectivity index (χ1v) is 3.84. The number of hydrogen-bond acceptors (Lipinski definition) is 1. The van der Waals surface area contributed by atoms with Crippen LogP contribution in [0.5, 0.6) is 0 Å². The number of rotatable bonds is 1. The minimum Gasteiger partial charge on any atom is -0.316 e. The zero-order valence-electron chi connectivity index (χ0n) is 6.19. The topological polar surface area (TPSA) is 12.0 Å². The van der Waals surface area contributed by atoms with E-state index in [0.717, 1.165) is 18.3 Å². The van der Waals surface area contributed by atoms with Crippen molar-refractivity contribution in [2.45, 2.75) is 19.8 Å². The van der Waals surface area contributed by atoms with Crippen LogP contribution in [0.3, 0.4) is 0 Å². The first-order valence-electron chi connectivity index (χ1n) is 3.84. The monoisotopic (exact) mass is 126 g/mol. The third kappa shape index (κ3) is 1.68. The summed E-state index contributed by atoms with van der Waals surface area (Å²) in [5, 5.41) is 3.38. The molecule has 1 nitrogen and oxygen atoms in total. The van der Waals surface area contributed by atoms with Crippen molar-refractivity contribution < 1.29 is 0 Å². The normalized spacial score (nSPS) is 36.7. The van der Waals surface area contributed by atoms with E-state index in [1.165, 1.54) is 19.5 Å². The average Bonchev–Trinajstić information content (AvgIpc) is 1.89. The maximum Gasteiger partial charge on any atom is -0.00180 e. The smallest absolute Gasteiger partial charge is 0.00180 e. The highest BCUT2D eigenvalue weighted by Gasteiger charge is 2.18. The van der Waals surface area contributed by atoms with Gasteiger partial charge in [-0.3, -0.25) is 0 Å². The summed E-state index contributed by atoms with van der Waals surface area (Å²) < 4.78 is 0. The molecule has 1 aliphatic heterocycles. The molecule has 0 aromatic heterocycles. The Balaban J connectivity index is 2.30. The largest absolute Gasteiger partial charge is 0.316 e. The summed E-state index contributed by atoms with van der Waals surface area (Å²) in [4.78, 5) is 0. The van der Waals surface area contributed by atoms with E-state index in [0.29, 0.717) is 0 Å². The molecular weight excluding hydrogens is 110 g/mol. The molecule has 1 N–H and O–H groups in total. The van der Waals surface area contributed by atoms with Gasteiger partial charge in [0.05, 0.1) is 0 Å². The number of hydrogen-bond donors (Lipinski definition) is 1. The van der Waals surface area contributed by atoms with E-state index < -0.39 is 0 Å². The summed E-state index contributed by atoms with van der Waals surface area (Å²) in [6, 6.07) is 0. The highest BCUT2D eigenvalue weighted by molar-refractivity contribution is 4.75. The third-order valence-corrected chi connectivity index (χ3v) is 2.36. The van der Waals surface area contributed by atoms with Crippen molar-refractivity contribution in [2.24, 2.45) is 11.8 Å². The molecule has 9 heavy (non-hydrogen) atoms. The molecule has 2 atom stereocenters. The summed E-state index contributed by atoms with van der Waals surface area (Å²) in [5.41, 5.74) is 0. The van der Waals surface area contributed by atoms with E-state index in [-0.39, 0.29) is 0 Å². The van der Waals surface area contributed by atoms with Crippen LogP contribution in [0.2, 0.25) is 0 Å². The Morgan fingerprint density at radius 1 is 1.67 bits per heavy atom. The van der Waals surface area contributed by atoms with E-state index in [2.05, 4.69) is 19.2 Å². The van der Waals surface area contributed by atoms with Crippen LogP contribution in [0.4, 0.5) is 0 Å². The summed E-state index contributed by atoms with van der Waals surface area (Å²) in [7, 11) is 0. The Kier molecular flexibility index (Phi) is 2.52. The highest BCUT2D eigenvalue weighted by atomic mass is 14.9. The molecule has 2 unspecified atom stereocenters. The fourth-order valence-corrected chi connectivity index (χ4v) is 1.44. The Labute approximate surface area is 57.8 Å². The van der Waals surface area contributed by atoms with Gasteiger partial charge in [-0.2, -0.15) is 0 Å².